The van der Waals surface area contributed by atoms with Crippen LogP contribution in [-0.4, -0.2) is 80.1 Å². The van der Waals surface area contributed by atoms with Crippen LogP contribution in [0.15, 0.2) is 0 Å². The van der Waals surface area contributed by atoms with E-state index in [1.165, 1.54) is 0 Å². The van der Waals surface area contributed by atoms with Crippen LogP contribution in [0.4, 0.5) is 11.6 Å². The zero-order valence-corrected chi connectivity index (χ0v) is 17.2. The third kappa shape index (κ3) is 7.63. The van der Waals surface area contributed by atoms with E-state index in [2.05, 4.69) is 36.1 Å². The fourth-order valence-electron chi connectivity index (χ4n) is 2.04. The van der Waals surface area contributed by atoms with Gasteiger partial charge in [0.25, 0.3) is 5.91 Å². The highest BCUT2D eigenvalue weighted by atomic mass is 127. The van der Waals surface area contributed by atoms with Crippen molar-refractivity contribution in [3.05, 3.63) is 9.39 Å². The van der Waals surface area contributed by atoms with Crippen LogP contribution >= 0.6 is 22.6 Å². The van der Waals surface area contributed by atoms with Crippen molar-refractivity contribution in [3.63, 3.8) is 0 Å². The number of likely N-dealkylation sites (N-methyl/N-ethyl adjacent to an activating group) is 2. The molecule has 0 atom stereocenters. The number of carbonyl (C=O) groups is 1. The quantitative estimate of drug-likeness (QED) is 0.117. The van der Waals surface area contributed by atoms with Crippen molar-refractivity contribution in [1.82, 2.24) is 36.1 Å². The number of nitrogen functional groups attached to an aromatic ring is 2. The third-order valence-electron chi connectivity index (χ3n) is 3.44. The molecule has 1 aromatic rings. The minimum atomic E-state index is -0.604. The molecule has 11 nitrogen and oxygen atoms in total. The van der Waals surface area contributed by atoms with Crippen LogP contribution in [0.25, 0.3) is 0 Å². The van der Waals surface area contributed by atoms with Gasteiger partial charge in [0.05, 0.1) is 0 Å². The lowest BCUT2D eigenvalue weighted by Crippen LogP contribution is -2.45. The molecule has 1 amide bonds. The minimum absolute atomic E-state index is 0.0557. The Morgan fingerprint density at radius 1 is 1.08 bits per heavy atom. The second-order valence-corrected chi connectivity index (χ2v) is 6.46. The van der Waals surface area contributed by atoms with Gasteiger partial charge in [-0.15, -0.1) is 0 Å². The van der Waals surface area contributed by atoms with E-state index in [0.29, 0.717) is 10.2 Å². The lowest BCUT2D eigenvalue weighted by molar-refractivity contribution is 0.0971. The number of aromatic nitrogens is 2. The van der Waals surface area contributed by atoms with Gasteiger partial charge in [-0.25, -0.2) is 9.97 Å². The Bertz CT molecular complexity index is 604. The average Bonchev–Trinajstić information content (AvgIpc) is 2.59. The Labute approximate surface area is 166 Å². The SMILES string of the molecule is CNCCN(CCNC)CCNC(=N)NC(=O)c1nc(I)c(N)nc1N. The maximum Gasteiger partial charge on any atom is 0.280 e. The predicted molar refractivity (Wildman–Crippen MR) is 111 cm³/mol. The minimum Gasteiger partial charge on any atom is -0.382 e. The molecule has 26 heavy (non-hydrogen) atoms. The first-order valence-corrected chi connectivity index (χ1v) is 9.20. The fourth-order valence-corrected chi connectivity index (χ4v) is 2.40. The largest absolute Gasteiger partial charge is 0.382 e. The van der Waals surface area contributed by atoms with Crippen molar-refractivity contribution in [1.29, 1.82) is 5.41 Å². The molecular weight excluding hydrogens is 451 g/mol. The summed E-state index contributed by atoms with van der Waals surface area (Å²) in [5.41, 5.74) is 11.2. The molecule has 0 aliphatic carbocycles. The van der Waals surface area contributed by atoms with E-state index < -0.39 is 5.91 Å². The summed E-state index contributed by atoms with van der Waals surface area (Å²) in [5.74, 6) is -0.632. The van der Waals surface area contributed by atoms with Gasteiger partial charge in [-0.1, -0.05) is 0 Å². The van der Waals surface area contributed by atoms with E-state index >= 15 is 0 Å². The van der Waals surface area contributed by atoms with Crippen LogP contribution in [0.2, 0.25) is 0 Å². The summed E-state index contributed by atoms with van der Waals surface area (Å²) in [6, 6.07) is 0. The molecule has 0 spiro atoms. The molecule has 0 unspecified atom stereocenters. The lowest BCUT2D eigenvalue weighted by atomic mass is 10.4. The number of nitrogens with one attached hydrogen (secondary N) is 5. The van der Waals surface area contributed by atoms with Crippen LogP contribution in [0, 0.1) is 9.11 Å². The zero-order chi connectivity index (χ0) is 19.5. The number of nitrogens with two attached hydrogens (primary N) is 2. The van der Waals surface area contributed by atoms with Gasteiger partial charge in [-0.3, -0.25) is 20.4 Å². The van der Waals surface area contributed by atoms with Gasteiger partial charge in [-0.2, -0.15) is 0 Å². The van der Waals surface area contributed by atoms with E-state index in [-0.39, 0.29) is 23.3 Å². The highest BCUT2D eigenvalue weighted by Gasteiger charge is 2.16. The first-order chi connectivity index (χ1) is 12.4. The molecule has 0 fully saturated rings. The predicted octanol–water partition coefficient (Wildman–Crippen LogP) is -1.76. The lowest BCUT2D eigenvalue weighted by Gasteiger charge is -2.22. The second-order valence-electron chi connectivity index (χ2n) is 5.44. The summed E-state index contributed by atoms with van der Waals surface area (Å²) < 4.78 is 0.381. The molecule has 0 bridgehead atoms. The Morgan fingerprint density at radius 2 is 1.65 bits per heavy atom. The smallest absolute Gasteiger partial charge is 0.280 e. The first kappa shape index (κ1) is 22.3. The van der Waals surface area contributed by atoms with E-state index in [1.807, 2.05) is 36.7 Å². The van der Waals surface area contributed by atoms with Gasteiger partial charge in [0.1, 0.15) is 3.70 Å². The number of guanidine groups is 1. The Hall–Kier alpha value is -1.77. The van der Waals surface area contributed by atoms with Crippen LogP contribution in [0.5, 0.6) is 0 Å². The van der Waals surface area contributed by atoms with Gasteiger partial charge in [0, 0.05) is 39.3 Å². The summed E-state index contributed by atoms with van der Waals surface area (Å²) in [6.07, 6.45) is 0. The molecule has 0 radical (unpaired) electrons. The van der Waals surface area contributed by atoms with E-state index in [0.717, 1.165) is 32.7 Å². The topological polar surface area (TPSA) is 170 Å². The molecule has 1 rings (SSSR count). The second kappa shape index (κ2) is 11.8. The van der Waals surface area contributed by atoms with E-state index in [9.17, 15) is 4.79 Å². The number of halogens is 1. The summed E-state index contributed by atoms with van der Waals surface area (Å²) in [6.45, 7) is 4.82. The molecule has 0 saturated carbocycles. The number of amides is 1. The Morgan fingerprint density at radius 3 is 2.23 bits per heavy atom. The van der Waals surface area contributed by atoms with Crippen molar-refractivity contribution < 1.29 is 4.79 Å². The monoisotopic (exact) mass is 478 g/mol. The number of rotatable bonds is 10. The molecule has 0 saturated heterocycles. The maximum atomic E-state index is 12.2. The van der Waals surface area contributed by atoms with E-state index in [1.54, 1.807) is 0 Å². The van der Waals surface area contributed by atoms with Gasteiger partial charge in [-0.05, 0) is 36.7 Å². The Balaban J connectivity index is 2.47. The molecule has 12 heteroatoms. The molecule has 1 aromatic heterocycles. The van der Waals surface area contributed by atoms with Crippen molar-refractivity contribution >= 4 is 46.1 Å². The highest BCUT2D eigenvalue weighted by molar-refractivity contribution is 14.1. The zero-order valence-electron chi connectivity index (χ0n) is 15.0. The number of nitrogens with zero attached hydrogens (tertiary/aromatic N) is 3. The summed E-state index contributed by atoms with van der Waals surface area (Å²) in [7, 11) is 3.82. The number of hydrogen-bond donors (Lipinski definition) is 7. The van der Waals surface area contributed by atoms with Crippen LogP contribution in [0.3, 0.4) is 0 Å². The standard InChI is InChI=1S/C14H27IN10O/c1-19-3-6-25(7-4-20-2)8-5-21-14(18)24-13(26)9-11(16)23-12(17)10(15)22-9/h19-20H,3-8H2,1-2H3,(H4,16,17,23)(H3,18,21,24,26). The summed E-state index contributed by atoms with van der Waals surface area (Å²) in [5, 5.41) is 19.4. The summed E-state index contributed by atoms with van der Waals surface area (Å²) in [4.78, 5) is 22.3. The molecular formula is C14H27IN10O. The molecule has 0 aliphatic heterocycles. The van der Waals surface area contributed by atoms with Crippen molar-refractivity contribution in [3.8, 4) is 0 Å². The van der Waals surface area contributed by atoms with Gasteiger partial charge in [0.15, 0.2) is 23.3 Å². The highest BCUT2D eigenvalue weighted by Crippen LogP contribution is 2.14. The van der Waals surface area contributed by atoms with E-state index in [4.69, 9.17) is 16.9 Å². The van der Waals surface area contributed by atoms with Crippen LogP contribution in [-0.2, 0) is 0 Å². The number of anilines is 2. The van der Waals surface area contributed by atoms with Crippen molar-refractivity contribution in [2.75, 3.05) is 64.8 Å². The fraction of sp³-hybridized carbons (Fsp3) is 0.571. The Kier molecular flexibility index (Phi) is 10.1. The van der Waals surface area contributed by atoms with Crippen LogP contribution in [0.1, 0.15) is 10.5 Å². The molecule has 9 N–H and O–H groups in total. The van der Waals surface area contributed by atoms with Gasteiger partial charge in [0.2, 0.25) is 0 Å². The molecule has 0 aromatic carbocycles. The molecule has 146 valence electrons. The number of hydrogen-bond acceptors (Lipinski definition) is 9. The van der Waals surface area contributed by atoms with Crippen LogP contribution < -0.4 is 32.7 Å². The third-order valence-corrected chi connectivity index (χ3v) is 4.24. The normalized spacial score (nSPS) is 10.8. The molecule has 1 heterocycles. The van der Waals surface area contributed by atoms with Gasteiger partial charge < -0.3 is 27.4 Å². The van der Waals surface area contributed by atoms with Gasteiger partial charge >= 0.3 is 0 Å². The average molecular weight is 478 g/mol. The molecule has 0 aliphatic rings. The first-order valence-electron chi connectivity index (χ1n) is 8.12. The summed E-state index contributed by atoms with van der Waals surface area (Å²) >= 11 is 1.87. The van der Waals surface area contributed by atoms with Crippen molar-refractivity contribution in [2.45, 2.75) is 0 Å². The maximum absolute atomic E-state index is 12.2. The number of carbonyl (C=O) groups excluding carboxylic acids is 1. The van der Waals surface area contributed by atoms with Crippen molar-refractivity contribution in [2.24, 2.45) is 0 Å².